The van der Waals surface area contributed by atoms with Crippen LogP contribution >= 0.6 is 0 Å². The lowest BCUT2D eigenvalue weighted by molar-refractivity contribution is -0.280. The first-order valence-corrected chi connectivity index (χ1v) is 14.5. The van der Waals surface area contributed by atoms with Gasteiger partial charge in [-0.25, -0.2) is 4.79 Å². The Kier molecular flexibility index (Phi) is 8.47. The Bertz CT molecular complexity index is 1340. The van der Waals surface area contributed by atoms with E-state index >= 15 is 0 Å². The van der Waals surface area contributed by atoms with E-state index in [1.165, 1.54) is 19.1 Å². The van der Waals surface area contributed by atoms with Crippen molar-refractivity contribution in [3.8, 4) is 0 Å². The van der Waals surface area contributed by atoms with Crippen molar-refractivity contribution < 1.29 is 53.8 Å². The molecule has 0 heterocycles. The van der Waals surface area contributed by atoms with E-state index in [9.17, 15) is 39.6 Å². The quantitative estimate of drug-likeness (QED) is 0.220. The maximum absolute atomic E-state index is 14.9. The monoisotopic (exact) mass is 602 g/mol. The number of hydrogen-bond acceptors (Lipinski definition) is 11. The summed E-state index contributed by atoms with van der Waals surface area (Å²) in [6, 6.07) is 7.92. The van der Waals surface area contributed by atoms with Gasteiger partial charge in [0.1, 0.15) is 23.4 Å². The predicted molar refractivity (Wildman–Crippen MR) is 151 cm³/mol. The Morgan fingerprint density at radius 2 is 1.56 bits per heavy atom. The van der Waals surface area contributed by atoms with Crippen LogP contribution in [0.3, 0.4) is 0 Å². The van der Waals surface area contributed by atoms with Crippen molar-refractivity contribution >= 4 is 23.7 Å². The van der Waals surface area contributed by atoms with Crippen LogP contribution in [0.15, 0.2) is 41.5 Å². The zero-order valence-corrected chi connectivity index (χ0v) is 25.6. The zero-order valence-electron chi connectivity index (χ0n) is 25.6. The Morgan fingerprint density at radius 3 is 2.09 bits per heavy atom. The zero-order chi connectivity index (χ0) is 32.3. The third-order valence-corrected chi connectivity index (χ3v) is 10.4. The summed E-state index contributed by atoms with van der Waals surface area (Å²) in [6.45, 7) is 9.18. The molecule has 11 nitrogen and oxygen atoms in total. The van der Waals surface area contributed by atoms with Crippen LogP contribution in [0.5, 0.6) is 0 Å². The number of ketones is 1. The van der Waals surface area contributed by atoms with E-state index in [4.69, 9.17) is 14.2 Å². The topological polar surface area (TPSA) is 177 Å². The minimum absolute atomic E-state index is 0.0794. The smallest absolute Gasteiger partial charge is 0.338 e. The fourth-order valence-electron chi connectivity index (χ4n) is 7.83. The van der Waals surface area contributed by atoms with Gasteiger partial charge in [-0.1, -0.05) is 45.9 Å². The fraction of sp³-hybridized carbons (Fsp3) is 0.625. The Labute approximate surface area is 250 Å². The molecule has 0 spiro atoms. The molecule has 2 bridgehead atoms. The van der Waals surface area contributed by atoms with Gasteiger partial charge in [0.2, 0.25) is 0 Å². The van der Waals surface area contributed by atoms with Crippen LogP contribution in [0, 0.1) is 22.7 Å². The van der Waals surface area contributed by atoms with Gasteiger partial charge in [-0.05, 0) is 42.5 Å². The highest BCUT2D eigenvalue weighted by molar-refractivity contribution is 5.95. The van der Waals surface area contributed by atoms with E-state index in [-0.39, 0.29) is 24.0 Å². The summed E-state index contributed by atoms with van der Waals surface area (Å²) < 4.78 is 17.3. The van der Waals surface area contributed by atoms with Gasteiger partial charge in [0, 0.05) is 37.0 Å². The molecule has 0 aromatic heterocycles. The highest BCUT2D eigenvalue weighted by Gasteiger charge is 2.74. The van der Waals surface area contributed by atoms with Gasteiger partial charge in [-0.15, -0.1) is 0 Å². The maximum atomic E-state index is 14.9. The van der Waals surface area contributed by atoms with Crippen LogP contribution in [-0.2, 0) is 28.6 Å². The summed E-state index contributed by atoms with van der Waals surface area (Å²) in [7, 11) is 0. The molecule has 9 atom stereocenters. The number of carbonyl (C=O) groups excluding carboxylic acids is 4. The summed E-state index contributed by atoms with van der Waals surface area (Å²) >= 11 is 0. The number of Topliss-reactive ketones (excluding diaryl/α,β-unsaturated/α-hetero) is 1. The lowest BCUT2D eigenvalue weighted by Crippen LogP contribution is -2.77. The largest absolute Gasteiger partial charge is 0.459 e. The van der Waals surface area contributed by atoms with Crippen LogP contribution in [0.1, 0.15) is 71.7 Å². The molecule has 4 N–H and O–H groups in total. The third kappa shape index (κ3) is 4.90. The van der Waals surface area contributed by atoms with E-state index in [2.05, 4.69) is 0 Å². The molecule has 2 unspecified atom stereocenters. The Balaban J connectivity index is 2.11. The number of rotatable bonds is 5. The minimum atomic E-state index is -2.42. The Hall–Kier alpha value is -3.12. The Morgan fingerprint density at radius 1 is 0.977 bits per heavy atom. The molecule has 11 heteroatoms. The molecule has 0 radical (unpaired) electrons. The second kappa shape index (κ2) is 11.1. The van der Waals surface area contributed by atoms with E-state index in [0.29, 0.717) is 5.57 Å². The maximum Gasteiger partial charge on any atom is 0.338 e. The number of ether oxygens (including phenoxy) is 3. The van der Waals surface area contributed by atoms with E-state index < -0.39 is 88.6 Å². The van der Waals surface area contributed by atoms with Crippen molar-refractivity contribution in [2.24, 2.45) is 22.7 Å². The molecule has 1 aromatic rings. The molecule has 1 aromatic carbocycles. The van der Waals surface area contributed by atoms with Crippen molar-refractivity contribution in [2.75, 3.05) is 6.61 Å². The van der Waals surface area contributed by atoms with Gasteiger partial charge in [0.05, 0.1) is 18.3 Å². The van der Waals surface area contributed by atoms with Gasteiger partial charge >= 0.3 is 17.9 Å². The molecule has 0 amide bonds. The lowest BCUT2D eigenvalue weighted by Gasteiger charge is -2.64. The van der Waals surface area contributed by atoms with Gasteiger partial charge in [0.25, 0.3) is 0 Å². The van der Waals surface area contributed by atoms with E-state index in [1.807, 2.05) is 0 Å². The molecular weight excluding hydrogens is 560 g/mol. The number of aliphatic hydroxyl groups excluding tert-OH is 2. The highest BCUT2D eigenvalue weighted by Crippen LogP contribution is 2.63. The summed E-state index contributed by atoms with van der Waals surface area (Å²) in [5.74, 6) is -5.42. The highest BCUT2D eigenvalue weighted by atomic mass is 16.6. The summed E-state index contributed by atoms with van der Waals surface area (Å²) in [4.78, 5) is 53.2. The van der Waals surface area contributed by atoms with Crippen LogP contribution in [-0.4, -0.2) is 86.3 Å². The SMILES string of the molecule is CC(=O)O[C@H]1C(=O)[C@@]2(C)C(C(OC(=O)c3ccccc3)[C@]3(O)C[C@H](O)C(C)=C1C3(C)C)[C@](O)(CO)[C@@H](OC(C)=O)C[C@@H]2C. The standard InChI is InChI=1S/C32H42O11/c1-16-13-22(41-18(3)34)31(39,15-33)25-27(43-28(38)20-11-9-8-10-12-20)32(40)14-21(36)17(2)23(29(32,5)6)24(42-19(4)35)26(37)30(16,25)7/h8-12,16,21-22,24-25,27,33,36,39-40H,13-15H2,1-7H3/t16-,21-,22-,24+,25?,27?,30+,31-,32+/m0/s1. The van der Waals surface area contributed by atoms with Crippen LogP contribution in [0.2, 0.25) is 0 Å². The number of hydrogen-bond donors (Lipinski definition) is 4. The average molecular weight is 603 g/mol. The van der Waals surface area contributed by atoms with Crippen LogP contribution in [0.4, 0.5) is 0 Å². The minimum Gasteiger partial charge on any atom is -0.459 e. The summed E-state index contributed by atoms with van der Waals surface area (Å²) in [5, 5.41) is 47.3. The van der Waals surface area contributed by atoms with Crippen molar-refractivity contribution in [1.29, 1.82) is 0 Å². The second-order valence-corrected chi connectivity index (χ2v) is 13.1. The molecule has 2 fully saturated rings. The van der Waals surface area contributed by atoms with Crippen molar-refractivity contribution in [1.82, 2.24) is 0 Å². The first-order valence-electron chi connectivity index (χ1n) is 14.5. The number of benzene rings is 1. The normalized spacial score (nSPS) is 38.7. The predicted octanol–water partition coefficient (Wildman–Crippen LogP) is 1.88. The molecule has 4 rings (SSSR count). The van der Waals surface area contributed by atoms with Gasteiger partial charge in [-0.3, -0.25) is 14.4 Å². The molecule has 2 saturated carbocycles. The van der Waals surface area contributed by atoms with Crippen LogP contribution in [0.25, 0.3) is 0 Å². The summed E-state index contributed by atoms with van der Waals surface area (Å²) in [6.07, 6.45) is -6.50. The molecule has 0 saturated heterocycles. The number of carbonyl (C=O) groups is 4. The van der Waals surface area contributed by atoms with E-state index in [0.717, 1.165) is 13.8 Å². The van der Waals surface area contributed by atoms with Crippen molar-refractivity contribution in [3.63, 3.8) is 0 Å². The first-order chi connectivity index (χ1) is 19.9. The summed E-state index contributed by atoms with van der Waals surface area (Å²) in [5.41, 5.74) is -7.24. The van der Waals surface area contributed by atoms with Crippen LogP contribution < -0.4 is 0 Å². The third-order valence-electron chi connectivity index (χ3n) is 10.4. The second-order valence-electron chi connectivity index (χ2n) is 13.1. The van der Waals surface area contributed by atoms with E-state index in [1.54, 1.807) is 45.9 Å². The molecule has 43 heavy (non-hydrogen) atoms. The van der Waals surface area contributed by atoms with Crippen molar-refractivity contribution in [2.45, 2.75) is 96.9 Å². The number of esters is 3. The first kappa shape index (κ1) is 32.8. The molecule has 3 aliphatic rings. The average Bonchev–Trinajstić information content (AvgIpc) is 2.93. The number of aliphatic hydroxyl groups is 4. The number of fused-ring (bicyclic) bond motifs is 3. The van der Waals surface area contributed by atoms with Gasteiger partial charge < -0.3 is 34.6 Å². The molecule has 3 aliphatic carbocycles. The lowest BCUT2D eigenvalue weighted by atomic mass is 9.44. The van der Waals surface area contributed by atoms with Crippen molar-refractivity contribution in [3.05, 3.63) is 47.0 Å². The molecule has 0 aliphatic heterocycles. The van der Waals surface area contributed by atoms with Gasteiger partial charge in [-0.2, -0.15) is 0 Å². The fourth-order valence-corrected chi connectivity index (χ4v) is 7.83. The molecule has 236 valence electrons. The molecular formula is C32H42O11. The van der Waals surface area contributed by atoms with Gasteiger partial charge in [0.15, 0.2) is 11.9 Å².